The van der Waals surface area contributed by atoms with Crippen molar-refractivity contribution >= 4 is 23.9 Å². The Labute approximate surface area is 393 Å². The molecule has 0 unspecified atom stereocenters. The van der Waals surface area contributed by atoms with Crippen molar-refractivity contribution in [2.24, 2.45) is 11.8 Å². The summed E-state index contributed by atoms with van der Waals surface area (Å²) in [4.78, 5) is 48.1. The average Bonchev–Trinajstić information content (AvgIpc) is 3.30. The number of carbonyl (C=O) groups excluding carboxylic acids is 4. The standard InChI is InChI=1S/C46H52F14O10/c47-41(48,43(51,52)45(55,56)57)39(63)67-27-7-3-1-5-25-65-33-17-13-31(14-18-33)37(61)69-35-21-9-29(10-22-35)30-11-23-36(24-12-30)70-38(62)32-15-19-34(20-16-32)66-26-6-2-4-8-28-68-40(64)42(49,50)44(53,54)46(58,59)60/h13-20,29-30,35-36H,1-12,21-28H2. The molecule has 0 radical (unpaired) electrons. The minimum absolute atomic E-state index is 0.0599. The minimum atomic E-state index is -6.64. The molecule has 0 heterocycles. The van der Waals surface area contributed by atoms with E-state index in [0.29, 0.717) is 85.8 Å². The van der Waals surface area contributed by atoms with E-state index in [1.807, 2.05) is 0 Å². The Hall–Kier alpha value is -5.06. The van der Waals surface area contributed by atoms with Gasteiger partial charge in [0, 0.05) is 0 Å². The van der Waals surface area contributed by atoms with Gasteiger partial charge in [-0.15, -0.1) is 0 Å². The van der Waals surface area contributed by atoms with Gasteiger partial charge in [0.05, 0.1) is 37.6 Å². The zero-order valence-electron chi connectivity index (χ0n) is 37.4. The molecule has 2 aromatic rings. The molecule has 2 aliphatic rings. The van der Waals surface area contributed by atoms with E-state index < -0.39 is 73.1 Å². The summed E-state index contributed by atoms with van der Waals surface area (Å²) in [7, 11) is 0. The molecule has 70 heavy (non-hydrogen) atoms. The van der Waals surface area contributed by atoms with Crippen molar-refractivity contribution in [1.82, 2.24) is 0 Å². The van der Waals surface area contributed by atoms with Crippen LogP contribution in [0.15, 0.2) is 48.5 Å². The number of hydrogen-bond donors (Lipinski definition) is 0. The highest BCUT2D eigenvalue weighted by molar-refractivity contribution is 5.90. The molecule has 4 rings (SSSR count). The lowest BCUT2D eigenvalue weighted by Crippen LogP contribution is -2.56. The molecule has 2 aromatic carbocycles. The van der Waals surface area contributed by atoms with Crippen LogP contribution in [0.3, 0.4) is 0 Å². The van der Waals surface area contributed by atoms with Gasteiger partial charge < -0.3 is 28.4 Å². The topological polar surface area (TPSA) is 124 Å². The Balaban J connectivity index is 1.02. The number of carbonyl (C=O) groups is 4. The van der Waals surface area contributed by atoms with Gasteiger partial charge >= 0.3 is 59.9 Å². The quantitative estimate of drug-likeness (QED) is 0.0411. The first-order valence-corrected chi connectivity index (χ1v) is 22.6. The lowest BCUT2D eigenvalue weighted by atomic mass is 9.72. The SMILES string of the molecule is O=C(OC1CCC(C2CCC(OC(=O)c3ccc(OCCCCCCOC(=O)C(F)(F)C(F)(F)C(F)(F)F)cc3)CC2)CC1)c1ccc(OCCCCCCOC(=O)C(F)(F)C(F)(F)C(F)(F)F)cc1. The molecule has 0 aromatic heterocycles. The van der Waals surface area contributed by atoms with Gasteiger partial charge in [-0.1, -0.05) is 0 Å². The molecular weight excluding hydrogens is 978 g/mol. The summed E-state index contributed by atoms with van der Waals surface area (Å²) in [6.07, 6.45) is -5.28. The third kappa shape index (κ3) is 15.5. The second kappa shape index (κ2) is 24.9. The predicted molar refractivity (Wildman–Crippen MR) is 217 cm³/mol. The van der Waals surface area contributed by atoms with Crippen molar-refractivity contribution < 1.29 is 109 Å². The largest absolute Gasteiger partial charge is 0.494 e. The highest BCUT2D eigenvalue weighted by Crippen LogP contribution is 2.48. The summed E-state index contributed by atoms with van der Waals surface area (Å²) in [5.74, 6) is -30.4. The average molecular weight is 1030 g/mol. The fourth-order valence-electron chi connectivity index (χ4n) is 7.79. The van der Waals surface area contributed by atoms with Crippen molar-refractivity contribution in [2.75, 3.05) is 26.4 Å². The summed E-state index contributed by atoms with van der Waals surface area (Å²) in [5.41, 5.74) is 0.644. The second-order valence-electron chi connectivity index (χ2n) is 17.0. The van der Waals surface area contributed by atoms with Gasteiger partial charge in [0.15, 0.2) is 0 Å². The molecule has 24 heteroatoms. The highest BCUT2D eigenvalue weighted by Gasteiger charge is 2.78. The minimum Gasteiger partial charge on any atom is -0.494 e. The number of rotatable bonds is 25. The predicted octanol–water partition coefficient (Wildman–Crippen LogP) is 12.4. The maximum absolute atomic E-state index is 13.3. The lowest BCUT2D eigenvalue weighted by Gasteiger charge is -2.37. The van der Waals surface area contributed by atoms with Crippen molar-refractivity contribution in [1.29, 1.82) is 0 Å². The molecule has 10 nitrogen and oxygen atoms in total. The molecule has 0 N–H and O–H groups in total. The summed E-state index contributed by atoms with van der Waals surface area (Å²) < 4.78 is 209. The van der Waals surface area contributed by atoms with E-state index in [9.17, 15) is 80.6 Å². The van der Waals surface area contributed by atoms with E-state index in [1.54, 1.807) is 48.5 Å². The molecule has 2 fully saturated rings. The lowest BCUT2D eigenvalue weighted by molar-refractivity contribution is -0.348. The summed E-state index contributed by atoms with van der Waals surface area (Å²) in [6.45, 7) is -1.14. The number of hydrogen-bond acceptors (Lipinski definition) is 10. The van der Waals surface area contributed by atoms with Crippen molar-refractivity contribution in [3.8, 4) is 11.5 Å². The van der Waals surface area contributed by atoms with Crippen molar-refractivity contribution in [2.45, 2.75) is 151 Å². The molecule has 394 valence electrons. The van der Waals surface area contributed by atoms with Gasteiger partial charge in [0.2, 0.25) is 0 Å². The van der Waals surface area contributed by atoms with E-state index >= 15 is 0 Å². The van der Waals surface area contributed by atoms with Gasteiger partial charge in [-0.05, 0) is 163 Å². The van der Waals surface area contributed by atoms with Crippen LogP contribution in [-0.2, 0) is 28.5 Å². The third-order valence-corrected chi connectivity index (χ3v) is 11.9. The van der Waals surface area contributed by atoms with Gasteiger partial charge in [-0.3, -0.25) is 0 Å². The van der Waals surface area contributed by atoms with Crippen LogP contribution in [0.4, 0.5) is 61.5 Å². The molecule has 0 aliphatic heterocycles. The maximum atomic E-state index is 13.3. The Bertz CT molecular complexity index is 1840. The fourth-order valence-corrected chi connectivity index (χ4v) is 7.79. The van der Waals surface area contributed by atoms with Crippen LogP contribution in [0, 0.1) is 11.8 Å². The second-order valence-corrected chi connectivity index (χ2v) is 17.0. The first-order valence-electron chi connectivity index (χ1n) is 22.6. The zero-order valence-corrected chi connectivity index (χ0v) is 37.4. The van der Waals surface area contributed by atoms with Crippen LogP contribution in [0.25, 0.3) is 0 Å². The molecule has 2 saturated carbocycles. The normalized spacial score (nSPS) is 19.5. The Kier molecular flexibility index (Phi) is 20.4. The van der Waals surface area contributed by atoms with Gasteiger partial charge in [0.25, 0.3) is 0 Å². The van der Waals surface area contributed by atoms with E-state index in [-0.39, 0.29) is 51.1 Å². The number of alkyl halides is 14. The Morgan fingerprint density at radius 2 is 0.686 bits per heavy atom. The van der Waals surface area contributed by atoms with Gasteiger partial charge in [-0.25, -0.2) is 19.2 Å². The molecule has 2 aliphatic carbocycles. The number of halogens is 14. The highest BCUT2D eigenvalue weighted by atomic mass is 19.4. The molecule has 0 spiro atoms. The van der Waals surface area contributed by atoms with E-state index in [0.717, 1.165) is 25.7 Å². The molecule has 0 bridgehead atoms. The number of esters is 4. The Morgan fingerprint density at radius 3 is 0.971 bits per heavy atom. The van der Waals surface area contributed by atoms with Crippen molar-refractivity contribution in [3.05, 3.63) is 59.7 Å². The summed E-state index contributed by atoms with van der Waals surface area (Å²) in [6, 6.07) is 12.5. The molecule has 0 atom stereocenters. The first-order chi connectivity index (χ1) is 32.7. The maximum Gasteiger partial charge on any atom is 0.460 e. The molecular formula is C46H52F14O10. The third-order valence-electron chi connectivity index (χ3n) is 11.9. The first kappa shape index (κ1) is 57.5. The van der Waals surface area contributed by atoms with Crippen LogP contribution >= 0.6 is 0 Å². The van der Waals surface area contributed by atoms with Gasteiger partial charge in [-0.2, -0.15) is 61.5 Å². The smallest absolute Gasteiger partial charge is 0.460 e. The van der Waals surface area contributed by atoms with Crippen LogP contribution in [0.1, 0.15) is 123 Å². The summed E-state index contributed by atoms with van der Waals surface area (Å²) >= 11 is 0. The number of benzene rings is 2. The molecule has 0 saturated heterocycles. The van der Waals surface area contributed by atoms with Crippen molar-refractivity contribution in [3.63, 3.8) is 0 Å². The van der Waals surface area contributed by atoms with E-state index in [2.05, 4.69) is 9.47 Å². The van der Waals surface area contributed by atoms with Crippen LogP contribution in [0.2, 0.25) is 0 Å². The number of unbranched alkanes of at least 4 members (excludes halogenated alkanes) is 6. The number of ether oxygens (including phenoxy) is 6. The summed E-state index contributed by atoms with van der Waals surface area (Å²) in [5, 5.41) is 0. The van der Waals surface area contributed by atoms with E-state index in [1.165, 1.54) is 0 Å². The van der Waals surface area contributed by atoms with Crippen LogP contribution in [-0.4, -0.2) is 98.6 Å². The monoisotopic (exact) mass is 1030 g/mol. The van der Waals surface area contributed by atoms with E-state index in [4.69, 9.17) is 18.9 Å². The van der Waals surface area contributed by atoms with Crippen LogP contribution in [0.5, 0.6) is 11.5 Å². The van der Waals surface area contributed by atoms with Crippen LogP contribution < -0.4 is 9.47 Å². The fraction of sp³-hybridized carbons (Fsp3) is 0.652. The Morgan fingerprint density at radius 1 is 0.400 bits per heavy atom. The molecule has 0 amide bonds. The van der Waals surface area contributed by atoms with Gasteiger partial charge in [0.1, 0.15) is 23.7 Å². The zero-order chi connectivity index (χ0) is 52.0.